The zero-order valence-electron chi connectivity index (χ0n) is 32.2. The quantitative estimate of drug-likeness (QED) is 0.0620. The van der Waals surface area contributed by atoms with Crippen LogP contribution in [0, 0.1) is 23.3 Å². The minimum Gasteiger partial charge on any atom is -0.512 e. The van der Waals surface area contributed by atoms with Crippen molar-refractivity contribution >= 4 is 45.9 Å². The van der Waals surface area contributed by atoms with E-state index in [9.17, 15) is 23.1 Å². The average molecular weight is 1020 g/mol. The molecule has 0 saturated heterocycles. The van der Waals surface area contributed by atoms with Gasteiger partial charge in [0.1, 0.15) is 0 Å². The maximum atomic E-state index is 13.3. The zero-order chi connectivity index (χ0) is 38.4. The number of aromatic nitrogens is 2. The van der Waals surface area contributed by atoms with E-state index in [0.717, 1.165) is 57.1 Å². The summed E-state index contributed by atoms with van der Waals surface area (Å²) >= 11 is -0.753. The first kappa shape index (κ1) is 44.6. The van der Waals surface area contributed by atoms with E-state index in [4.69, 9.17) is 9.97 Å². The normalized spacial score (nSPS) is 12.6. The predicted molar refractivity (Wildman–Crippen MR) is 210 cm³/mol. The molecular weight excluding hydrogens is 965 g/mol. The summed E-state index contributed by atoms with van der Waals surface area (Å²) in [4.78, 5) is 21.5. The molecule has 5 rings (SSSR count). The van der Waals surface area contributed by atoms with E-state index in [0.29, 0.717) is 5.56 Å². The number of pyridine rings is 1. The largest absolute Gasteiger partial charge is 0.512 e. The topological polar surface area (TPSA) is 63.1 Å². The molecule has 3 aromatic carbocycles. The van der Waals surface area contributed by atoms with Crippen LogP contribution in [0.5, 0.6) is 0 Å². The Bertz CT molecular complexity index is 2000. The fourth-order valence-electron chi connectivity index (χ4n) is 6.31. The van der Waals surface area contributed by atoms with Gasteiger partial charge in [-0.2, -0.15) is 0 Å². The summed E-state index contributed by atoms with van der Waals surface area (Å²) in [6.45, 7) is 17.2. The van der Waals surface area contributed by atoms with Crippen molar-refractivity contribution in [2.45, 2.75) is 106 Å². The van der Waals surface area contributed by atoms with Crippen LogP contribution in [-0.2, 0) is 36.7 Å². The number of nitrogens with zero attached hydrogens (tertiary/aromatic N) is 2. The summed E-state index contributed by atoms with van der Waals surface area (Å²) in [5.41, 5.74) is 3.72. The van der Waals surface area contributed by atoms with Crippen molar-refractivity contribution in [1.82, 2.24) is 9.97 Å². The molecule has 0 spiro atoms. The Morgan fingerprint density at radius 3 is 2.06 bits per heavy atom. The Labute approximate surface area is 336 Å². The van der Waals surface area contributed by atoms with Gasteiger partial charge in [0.05, 0.1) is 5.76 Å². The monoisotopic (exact) mass is 1020 g/mol. The SMILES string of the molecule is CC(C)(C)c1cc(-c2nccc3[te]c(-c4ccc(CC(C)(C)C(F)(F)F)cc4)nc23)[c-]c2ccccc12.CCC(CC)C(=O)/C=C(\O)C(CC)CC.[Ir]. The summed E-state index contributed by atoms with van der Waals surface area (Å²) in [5.74, 6) is 0.547. The van der Waals surface area contributed by atoms with Gasteiger partial charge in [0, 0.05) is 38.0 Å². The number of carbonyl (C=O) groups excluding carboxylic acids is 1. The number of benzene rings is 3. The fourth-order valence-corrected chi connectivity index (χ4v) is 9.07. The number of aliphatic hydroxyl groups is 1. The maximum absolute atomic E-state index is 13.3. The van der Waals surface area contributed by atoms with Crippen molar-refractivity contribution in [2.75, 3.05) is 0 Å². The van der Waals surface area contributed by atoms with E-state index >= 15 is 0 Å². The molecule has 0 bridgehead atoms. The molecule has 9 heteroatoms. The summed E-state index contributed by atoms with van der Waals surface area (Å²) in [6.07, 6.45) is 2.45. The number of hydrogen-bond acceptors (Lipinski definition) is 4. The molecule has 0 aliphatic rings. The van der Waals surface area contributed by atoms with Crippen LogP contribution in [0.2, 0.25) is 0 Å². The molecule has 0 aliphatic heterocycles. The third kappa shape index (κ3) is 10.9. The Balaban J connectivity index is 0.000000403. The van der Waals surface area contributed by atoms with Gasteiger partial charge in [0.2, 0.25) is 0 Å². The molecule has 0 amide bonds. The maximum Gasteiger partial charge on any atom is 0.162 e. The molecule has 0 fully saturated rings. The first-order valence-electron chi connectivity index (χ1n) is 18.3. The first-order valence-corrected chi connectivity index (χ1v) is 20.6. The van der Waals surface area contributed by atoms with Gasteiger partial charge >= 0.3 is 226 Å². The number of fused-ring (bicyclic) bond motifs is 2. The minimum atomic E-state index is -4.24. The Kier molecular flexibility index (Phi) is 15.7. The van der Waals surface area contributed by atoms with Crippen LogP contribution >= 0.6 is 0 Å². The van der Waals surface area contributed by atoms with Crippen molar-refractivity contribution in [3.63, 3.8) is 0 Å². The molecule has 0 aliphatic carbocycles. The van der Waals surface area contributed by atoms with E-state index in [2.05, 4.69) is 51.1 Å². The molecule has 0 atom stereocenters. The molecule has 53 heavy (non-hydrogen) atoms. The van der Waals surface area contributed by atoms with Crippen LogP contribution in [0.15, 0.2) is 78.7 Å². The van der Waals surface area contributed by atoms with Crippen molar-refractivity contribution in [2.24, 2.45) is 17.3 Å². The number of allylic oxidation sites excluding steroid dienone is 2. The molecule has 4 nitrogen and oxygen atoms in total. The van der Waals surface area contributed by atoms with Crippen LogP contribution in [0.1, 0.15) is 99.1 Å². The molecule has 1 radical (unpaired) electrons. The summed E-state index contributed by atoms with van der Waals surface area (Å²) in [6, 6.07) is 23.5. The number of halogens is 3. The number of carbonyl (C=O) groups is 1. The predicted octanol–water partition coefficient (Wildman–Crippen LogP) is 12.3. The fraction of sp³-hybridized carbons (Fsp3) is 0.432. The third-order valence-electron chi connectivity index (χ3n) is 9.84. The van der Waals surface area contributed by atoms with Gasteiger partial charge in [0.25, 0.3) is 0 Å². The van der Waals surface area contributed by atoms with Crippen LogP contribution in [0.25, 0.3) is 40.2 Å². The van der Waals surface area contributed by atoms with E-state index in [1.165, 1.54) is 34.3 Å². The van der Waals surface area contributed by atoms with E-state index in [-0.39, 0.29) is 55.3 Å². The Hall–Kier alpha value is -2.82. The molecule has 0 saturated carbocycles. The van der Waals surface area contributed by atoms with Crippen molar-refractivity contribution < 1.29 is 43.2 Å². The third-order valence-corrected chi connectivity index (χ3v) is 12.9. The number of rotatable bonds is 11. The number of hydrogen-bond donors (Lipinski definition) is 1. The van der Waals surface area contributed by atoms with Crippen LogP contribution in [0.3, 0.4) is 0 Å². The average Bonchev–Trinajstić information content (AvgIpc) is 3.53. The molecule has 287 valence electrons. The number of aliphatic hydroxyl groups excluding tert-OH is 1. The molecule has 1 N–H and O–H groups in total. The second-order valence-electron chi connectivity index (χ2n) is 15.2. The van der Waals surface area contributed by atoms with Gasteiger partial charge in [-0.05, 0) is 25.7 Å². The van der Waals surface area contributed by atoms with Crippen molar-refractivity contribution in [1.29, 1.82) is 0 Å². The summed E-state index contributed by atoms with van der Waals surface area (Å²) in [5, 5.41) is 12.0. The summed E-state index contributed by atoms with van der Waals surface area (Å²) in [7, 11) is 0. The second-order valence-corrected chi connectivity index (χ2v) is 18.1. The molecule has 2 aromatic heterocycles. The number of alkyl halides is 3. The van der Waals surface area contributed by atoms with Crippen LogP contribution in [0.4, 0.5) is 13.2 Å². The van der Waals surface area contributed by atoms with Gasteiger partial charge in [-0.1, -0.05) is 27.7 Å². The Morgan fingerprint density at radius 2 is 1.49 bits per heavy atom. The van der Waals surface area contributed by atoms with E-state index in [1.807, 2.05) is 58.2 Å². The van der Waals surface area contributed by atoms with Crippen molar-refractivity contribution in [3.05, 3.63) is 95.9 Å². The van der Waals surface area contributed by atoms with E-state index in [1.54, 1.807) is 12.1 Å². The van der Waals surface area contributed by atoms with Crippen LogP contribution in [-0.4, -0.2) is 47.5 Å². The molecule has 2 heterocycles. The van der Waals surface area contributed by atoms with Crippen LogP contribution < -0.4 is 0 Å². The minimum absolute atomic E-state index is 0. The van der Waals surface area contributed by atoms with Gasteiger partial charge < -0.3 is 5.11 Å². The summed E-state index contributed by atoms with van der Waals surface area (Å²) < 4.78 is 42.2. The smallest absolute Gasteiger partial charge is 0.162 e. The first-order chi connectivity index (χ1) is 24.4. The second kappa shape index (κ2) is 18.7. The number of ketones is 1. The van der Waals surface area contributed by atoms with Gasteiger partial charge in [-0.25, -0.2) is 0 Å². The molecule has 5 aromatic rings. The zero-order valence-corrected chi connectivity index (χ0v) is 37.0. The molecular formula is C44H52F3IrN2O2Te-. The van der Waals surface area contributed by atoms with Gasteiger partial charge in [-0.3, -0.25) is 4.79 Å². The molecule has 0 unspecified atom stereocenters. The van der Waals surface area contributed by atoms with Gasteiger partial charge in [-0.15, -0.1) is 0 Å². The van der Waals surface area contributed by atoms with Crippen molar-refractivity contribution in [3.8, 4) is 20.5 Å². The van der Waals surface area contributed by atoms with E-state index < -0.39 is 32.0 Å². The Morgan fingerprint density at radius 1 is 0.887 bits per heavy atom. The van der Waals surface area contributed by atoms with Gasteiger partial charge in [0.15, 0.2) is 5.78 Å². The standard InChI is InChI=1S/C31H28F3N2Te.C13H24O2.Ir/c1-29(2,3)24-17-22(16-21-8-6-7-9-23(21)24)26-27-25(14-15-35-26)37-28(36-27)20-12-10-19(11-13-20)18-30(4,5)31(32,33)34;1-5-10(6-2)12(14)9-13(15)11(7-3)8-4;/h6-15,17H,18H2,1-5H3;9-11,14H,5-8H2,1-4H3;/q-1;;/b;12-9-;.